The fraction of sp³-hybridized carbons (Fsp3) is 0.556. The summed E-state index contributed by atoms with van der Waals surface area (Å²) in [7, 11) is 5.86. The molecule has 0 saturated heterocycles. The van der Waals surface area contributed by atoms with Crippen LogP contribution >= 0.6 is 0 Å². The lowest BCUT2D eigenvalue weighted by atomic mass is 9.99. The molecule has 0 aliphatic carbocycles. The average molecular weight is 368 g/mol. The lowest BCUT2D eigenvalue weighted by Crippen LogP contribution is -2.49. The van der Waals surface area contributed by atoms with Gasteiger partial charge < -0.3 is 29.6 Å². The van der Waals surface area contributed by atoms with Gasteiger partial charge in [-0.2, -0.15) is 0 Å². The van der Waals surface area contributed by atoms with Crippen molar-refractivity contribution >= 4 is 12.0 Å². The lowest BCUT2D eigenvalue weighted by Gasteiger charge is -2.22. The second-order valence-electron chi connectivity index (χ2n) is 5.75. The van der Waals surface area contributed by atoms with Gasteiger partial charge in [-0.25, -0.2) is 9.59 Å². The van der Waals surface area contributed by atoms with Gasteiger partial charge in [-0.1, -0.05) is 20.3 Å². The second kappa shape index (κ2) is 10.4. The fourth-order valence-corrected chi connectivity index (χ4v) is 2.41. The van der Waals surface area contributed by atoms with Crippen LogP contribution in [0.3, 0.4) is 0 Å². The van der Waals surface area contributed by atoms with Gasteiger partial charge in [0.1, 0.15) is 6.04 Å². The van der Waals surface area contributed by atoms with Gasteiger partial charge in [0.15, 0.2) is 11.5 Å². The SMILES string of the molecule is CCC(C)C(NC(=O)NCc1cc(OC)c(OC)c(OC)c1)C(=O)OC. The number of ether oxygens (including phenoxy) is 4. The molecule has 1 aromatic rings. The number of hydrogen-bond acceptors (Lipinski definition) is 6. The van der Waals surface area contributed by atoms with E-state index in [1.54, 1.807) is 12.1 Å². The number of carbonyl (C=O) groups is 2. The van der Waals surface area contributed by atoms with Crippen LogP contribution in [0.2, 0.25) is 0 Å². The number of urea groups is 1. The van der Waals surface area contributed by atoms with Gasteiger partial charge in [-0.15, -0.1) is 0 Å². The van der Waals surface area contributed by atoms with E-state index < -0.39 is 18.0 Å². The highest BCUT2D eigenvalue weighted by Crippen LogP contribution is 2.38. The maximum absolute atomic E-state index is 12.2. The first-order valence-corrected chi connectivity index (χ1v) is 8.32. The van der Waals surface area contributed by atoms with Crippen LogP contribution in [0.25, 0.3) is 0 Å². The summed E-state index contributed by atoms with van der Waals surface area (Å²) in [4.78, 5) is 24.0. The molecular weight excluding hydrogens is 340 g/mol. The van der Waals surface area contributed by atoms with E-state index in [9.17, 15) is 9.59 Å². The Morgan fingerprint density at radius 3 is 2.04 bits per heavy atom. The molecule has 0 saturated carbocycles. The first-order chi connectivity index (χ1) is 12.4. The minimum Gasteiger partial charge on any atom is -0.493 e. The van der Waals surface area contributed by atoms with Crippen LogP contribution in [0.15, 0.2) is 12.1 Å². The fourth-order valence-electron chi connectivity index (χ4n) is 2.41. The summed E-state index contributed by atoms with van der Waals surface area (Å²) in [6.45, 7) is 4.04. The summed E-state index contributed by atoms with van der Waals surface area (Å²) < 4.78 is 20.6. The van der Waals surface area contributed by atoms with Crippen molar-refractivity contribution in [1.82, 2.24) is 10.6 Å². The molecule has 0 aliphatic heterocycles. The van der Waals surface area contributed by atoms with Crippen LogP contribution in [0.1, 0.15) is 25.8 Å². The van der Waals surface area contributed by atoms with Crippen molar-refractivity contribution in [2.45, 2.75) is 32.9 Å². The van der Waals surface area contributed by atoms with Crippen molar-refractivity contribution in [3.8, 4) is 17.2 Å². The molecule has 8 heteroatoms. The number of benzene rings is 1. The van der Waals surface area contributed by atoms with Crippen LogP contribution in [0, 0.1) is 5.92 Å². The largest absolute Gasteiger partial charge is 0.493 e. The molecule has 26 heavy (non-hydrogen) atoms. The average Bonchev–Trinajstić information content (AvgIpc) is 2.68. The predicted octanol–water partition coefficient (Wildman–Crippen LogP) is 2.10. The Hall–Kier alpha value is -2.64. The van der Waals surface area contributed by atoms with E-state index in [2.05, 4.69) is 10.6 Å². The minimum atomic E-state index is -0.704. The number of carbonyl (C=O) groups excluding carboxylic acids is 2. The van der Waals surface area contributed by atoms with Crippen LogP contribution in [0.5, 0.6) is 17.2 Å². The molecular formula is C18H28N2O6. The Labute approximate surface area is 154 Å². The first-order valence-electron chi connectivity index (χ1n) is 8.32. The van der Waals surface area contributed by atoms with E-state index in [-0.39, 0.29) is 12.5 Å². The molecule has 2 N–H and O–H groups in total. The summed E-state index contributed by atoms with van der Waals surface area (Å²) in [6.07, 6.45) is 0.729. The maximum atomic E-state index is 12.2. The molecule has 0 radical (unpaired) electrons. The summed E-state index contributed by atoms with van der Waals surface area (Å²) >= 11 is 0. The van der Waals surface area contributed by atoms with Gasteiger partial charge in [0.25, 0.3) is 0 Å². The third-order valence-electron chi connectivity index (χ3n) is 4.13. The van der Waals surface area contributed by atoms with Gasteiger partial charge in [-0.05, 0) is 23.6 Å². The van der Waals surface area contributed by atoms with Crippen LogP contribution in [-0.2, 0) is 16.1 Å². The third-order valence-corrected chi connectivity index (χ3v) is 4.13. The van der Waals surface area contributed by atoms with Crippen LogP contribution in [0.4, 0.5) is 4.79 Å². The van der Waals surface area contributed by atoms with Gasteiger partial charge in [0, 0.05) is 6.54 Å². The molecule has 0 aromatic heterocycles. The van der Waals surface area contributed by atoms with Crippen molar-refractivity contribution in [3.63, 3.8) is 0 Å². The lowest BCUT2D eigenvalue weighted by molar-refractivity contribution is -0.144. The number of methoxy groups -OCH3 is 4. The zero-order chi connectivity index (χ0) is 19.7. The maximum Gasteiger partial charge on any atom is 0.328 e. The second-order valence-corrected chi connectivity index (χ2v) is 5.75. The molecule has 2 amide bonds. The zero-order valence-electron chi connectivity index (χ0n) is 16.2. The molecule has 0 bridgehead atoms. The Kier molecular flexibility index (Phi) is 8.54. The van der Waals surface area contributed by atoms with Crippen molar-refractivity contribution in [1.29, 1.82) is 0 Å². The topological polar surface area (TPSA) is 95.1 Å². The van der Waals surface area contributed by atoms with E-state index in [1.807, 2.05) is 13.8 Å². The Bertz CT molecular complexity index is 595. The Balaban J connectivity index is 2.81. The molecule has 0 spiro atoms. The van der Waals surface area contributed by atoms with Crippen LogP contribution in [-0.4, -0.2) is 46.5 Å². The highest BCUT2D eigenvalue weighted by molar-refractivity contribution is 5.83. The van der Waals surface area contributed by atoms with Gasteiger partial charge in [0.05, 0.1) is 28.4 Å². The minimum absolute atomic E-state index is 0.0469. The number of nitrogens with one attached hydrogen (secondary N) is 2. The number of amides is 2. The van der Waals surface area contributed by atoms with Crippen molar-refractivity contribution in [2.75, 3.05) is 28.4 Å². The normalized spacial score (nSPS) is 12.5. The summed E-state index contributed by atoms with van der Waals surface area (Å²) in [5.41, 5.74) is 0.757. The van der Waals surface area contributed by atoms with Crippen molar-refractivity contribution in [3.05, 3.63) is 17.7 Å². The molecule has 8 nitrogen and oxygen atoms in total. The van der Waals surface area contributed by atoms with E-state index in [0.29, 0.717) is 17.2 Å². The van der Waals surface area contributed by atoms with E-state index >= 15 is 0 Å². The number of esters is 1. The van der Waals surface area contributed by atoms with Gasteiger partial charge in [0.2, 0.25) is 5.75 Å². The molecule has 2 atom stereocenters. The van der Waals surface area contributed by atoms with Crippen molar-refractivity contribution < 1.29 is 28.5 Å². The molecule has 0 heterocycles. The molecule has 0 aliphatic rings. The van der Waals surface area contributed by atoms with Crippen LogP contribution < -0.4 is 24.8 Å². The number of hydrogen-bond donors (Lipinski definition) is 2. The number of rotatable bonds is 9. The Morgan fingerprint density at radius 1 is 1.04 bits per heavy atom. The monoisotopic (exact) mass is 368 g/mol. The summed E-state index contributed by atoms with van der Waals surface area (Å²) in [6, 6.07) is 2.32. The van der Waals surface area contributed by atoms with E-state index in [1.165, 1.54) is 28.4 Å². The quantitative estimate of drug-likeness (QED) is 0.648. The summed E-state index contributed by atoms with van der Waals surface area (Å²) in [5.74, 6) is 0.953. The molecule has 1 rings (SSSR count). The predicted molar refractivity (Wildman–Crippen MR) is 96.7 cm³/mol. The molecule has 146 valence electrons. The summed E-state index contributed by atoms with van der Waals surface area (Å²) in [5, 5.41) is 5.37. The van der Waals surface area contributed by atoms with E-state index in [4.69, 9.17) is 18.9 Å². The zero-order valence-corrected chi connectivity index (χ0v) is 16.2. The van der Waals surface area contributed by atoms with Gasteiger partial charge in [-0.3, -0.25) is 0 Å². The van der Waals surface area contributed by atoms with Crippen molar-refractivity contribution in [2.24, 2.45) is 5.92 Å². The van der Waals surface area contributed by atoms with E-state index in [0.717, 1.165) is 12.0 Å². The molecule has 2 unspecified atom stereocenters. The third kappa shape index (κ3) is 5.44. The molecule has 0 fully saturated rings. The van der Waals surface area contributed by atoms with Gasteiger partial charge >= 0.3 is 12.0 Å². The highest BCUT2D eigenvalue weighted by atomic mass is 16.5. The molecule has 1 aromatic carbocycles. The standard InChI is InChI=1S/C18H28N2O6/c1-7-11(2)15(17(21)26-6)20-18(22)19-10-12-8-13(23-3)16(25-5)14(9-12)24-4/h8-9,11,15H,7,10H2,1-6H3,(H2,19,20,22). The smallest absolute Gasteiger partial charge is 0.328 e. The first kappa shape index (κ1) is 21.4. The highest BCUT2D eigenvalue weighted by Gasteiger charge is 2.26. The Morgan fingerprint density at radius 2 is 1.62 bits per heavy atom.